The Morgan fingerprint density at radius 3 is 2.83 bits per heavy atom. The number of hydrogen-bond acceptors (Lipinski definition) is 5. The van der Waals surface area contributed by atoms with Gasteiger partial charge in [0.2, 0.25) is 0 Å². The fourth-order valence-electron chi connectivity index (χ4n) is 3.22. The first-order valence-corrected chi connectivity index (χ1v) is 9.79. The molecule has 0 unspecified atom stereocenters. The lowest BCUT2D eigenvalue weighted by Crippen LogP contribution is -2.19. The number of aryl methyl sites for hydroxylation is 1. The smallest absolute Gasteiger partial charge is 0.267 e. The molecule has 9 heteroatoms. The number of amides is 1. The van der Waals surface area contributed by atoms with Gasteiger partial charge < -0.3 is 20.8 Å². The summed E-state index contributed by atoms with van der Waals surface area (Å²) in [6.07, 6.45) is 2.38. The summed E-state index contributed by atoms with van der Waals surface area (Å²) in [6.45, 7) is 2.48. The number of carbonyl (C=O) groups excluding carboxylic acids is 1. The number of carbonyl (C=O) groups is 1. The van der Waals surface area contributed by atoms with Crippen LogP contribution < -0.4 is 21.3 Å². The van der Waals surface area contributed by atoms with E-state index in [2.05, 4.69) is 15.4 Å². The molecule has 4 N–H and O–H groups in total. The van der Waals surface area contributed by atoms with Gasteiger partial charge in [0.25, 0.3) is 11.5 Å². The molecule has 0 aliphatic heterocycles. The van der Waals surface area contributed by atoms with Crippen molar-refractivity contribution in [3.63, 3.8) is 0 Å². The number of hydrogen-bond donors (Lipinski definition) is 3. The number of nitrogens with one attached hydrogen (secondary N) is 2. The lowest BCUT2D eigenvalue weighted by Gasteiger charge is -2.14. The van der Waals surface area contributed by atoms with Crippen LogP contribution in [0.25, 0.3) is 10.9 Å². The van der Waals surface area contributed by atoms with Gasteiger partial charge in [-0.15, -0.1) is 0 Å². The lowest BCUT2D eigenvalue weighted by atomic mass is 10.1. The van der Waals surface area contributed by atoms with Crippen molar-refractivity contribution in [3.05, 3.63) is 50.9 Å². The summed E-state index contributed by atoms with van der Waals surface area (Å²) < 4.78 is 7.18. The van der Waals surface area contributed by atoms with Crippen LogP contribution in [0.2, 0.25) is 5.02 Å². The third-order valence-corrected chi connectivity index (χ3v) is 5.36. The van der Waals surface area contributed by atoms with Gasteiger partial charge in [0.15, 0.2) is 0 Å². The van der Waals surface area contributed by atoms with Gasteiger partial charge in [0, 0.05) is 30.1 Å². The number of H-pyrrole nitrogens is 1. The number of ether oxygens (including phenoxy) is 1. The molecule has 2 heterocycles. The van der Waals surface area contributed by atoms with Crippen LogP contribution >= 0.6 is 11.6 Å². The van der Waals surface area contributed by atoms with Gasteiger partial charge in [0.05, 0.1) is 23.2 Å². The van der Waals surface area contributed by atoms with Crippen molar-refractivity contribution in [1.29, 1.82) is 0 Å². The molecule has 0 saturated heterocycles. The number of halogens is 1. The van der Waals surface area contributed by atoms with E-state index in [1.807, 2.05) is 6.92 Å². The maximum Gasteiger partial charge on any atom is 0.267 e. The number of fused-ring (bicyclic) bond motifs is 1. The Hall–Kier alpha value is -3.00. The molecule has 8 nitrogen and oxygen atoms in total. The minimum Gasteiger partial charge on any atom is -0.492 e. The average Bonchev–Trinajstić information content (AvgIpc) is 3.41. The maximum absolute atomic E-state index is 12.6. The summed E-state index contributed by atoms with van der Waals surface area (Å²) in [4.78, 5) is 26.9. The zero-order valence-electron chi connectivity index (χ0n) is 16.2. The fraction of sp³-hybridized carbons (Fsp3) is 0.350. The zero-order valence-corrected chi connectivity index (χ0v) is 16.9. The van der Waals surface area contributed by atoms with E-state index in [1.54, 1.807) is 31.3 Å². The molecule has 1 saturated carbocycles. The number of rotatable bonds is 7. The highest BCUT2D eigenvalue weighted by Gasteiger charge is 2.22. The molecule has 1 aromatic carbocycles. The number of nitrogens with zero attached hydrogens (tertiary/aromatic N) is 2. The van der Waals surface area contributed by atoms with Gasteiger partial charge in [-0.3, -0.25) is 14.3 Å². The van der Waals surface area contributed by atoms with E-state index in [4.69, 9.17) is 22.1 Å². The number of benzene rings is 1. The molecule has 0 radical (unpaired) electrons. The minimum absolute atomic E-state index is 0.223. The quantitative estimate of drug-likeness (QED) is 0.548. The summed E-state index contributed by atoms with van der Waals surface area (Å²) in [5.74, 6) is 1.07. The van der Waals surface area contributed by atoms with E-state index in [0.717, 1.165) is 5.39 Å². The first-order chi connectivity index (χ1) is 13.8. The number of aromatic amines is 1. The third-order valence-electron chi connectivity index (χ3n) is 5.06. The van der Waals surface area contributed by atoms with Crippen LogP contribution in [0.1, 0.15) is 41.9 Å². The van der Waals surface area contributed by atoms with Crippen molar-refractivity contribution in [1.82, 2.24) is 14.8 Å². The molecular formula is C20H22ClN5O3. The first kappa shape index (κ1) is 19.3. The van der Waals surface area contributed by atoms with E-state index in [9.17, 15) is 9.59 Å². The second kappa shape index (κ2) is 7.44. The Morgan fingerprint density at radius 2 is 2.17 bits per heavy atom. The Bertz CT molecular complexity index is 1150. The molecule has 1 fully saturated rings. The standard InChI is InChI=1S/C20H22ClN5O3/c1-10(23-18-8-16(19(22)27)26(2)25-18)13-5-12-6-14(21)17(29-9-11-3-4-11)7-15(12)24-20(13)28/h5-8,10-11H,3-4,9H2,1-2H3,(H2,22,27)(H,23,25)(H,24,28)/t10-/m0/s1. The number of nitrogens with two attached hydrogens (primary N) is 1. The summed E-state index contributed by atoms with van der Waals surface area (Å²) in [7, 11) is 1.63. The molecule has 2 aromatic heterocycles. The normalized spacial score (nSPS) is 14.7. The third kappa shape index (κ3) is 4.07. The van der Waals surface area contributed by atoms with Gasteiger partial charge in [-0.25, -0.2) is 0 Å². The summed E-state index contributed by atoms with van der Waals surface area (Å²) in [5.41, 5.74) is 6.55. The Kier molecular flexibility index (Phi) is 4.96. The van der Waals surface area contributed by atoms with Gasteiger partial charge in [0.1, 0.15) is 17.3 Å². The highest BCUT2D eigenvalue weighted by atomic mass is 35.5. The predicted molar refractivity (Wildman–Crippen MR) is 112 cm³/mol. The van der Waals surface area contributed by atoms with Gasteiger partial charge in [-0.05, 0) is 37.8 Å². The van der Waals surface area contributed by atoms with Crippen molar-refractivity contribution in [2.24, 2.45) is 18.7 Å². The highest BCUT2D eigenvalue weighted by molar-refractivity contribution is 6.32. The van der Waals surface area contributed by atoms with Crippen LogP contribution in [-0.2, 0) is 7.05 Å². The Labute approximate surface area is 172 Å². The minimum atomic E-state index is -0.571. The van der Waals surface area contributed by atoms with Crippen molar-refractivity contribution in [2.45, 2.75) is 25.8 Å². The van der Waals surface area contributed by atoms with E-state index in [-0.39, 0.29) is 17.3 Å². The first-order valence-electron chi connectivity index (χ1n) is 9.41. The van der Waals surface area contributed by atoms with Crippen LogP contribution in [0, 0.1) is 5.92 Å². The number of aromatic nitrogens is 3. The summed E-state index contributed by atoms with van der Waals surface area (Å²) >= 11 is 6.37. The van der Waals surface area contributed by atoms with Gasteiger partial charge >= 0.3 is 0 Å². The van der Waals surface area contributed by atoms with E-state index < -0.39 is 5.91 Å². The second-order valence-electron chi connectivity index (χ2n) is 7.45. The number of anilines is 1. The summed E-state index contributed by atoms with van der Waals surface area (Å²) in [5, 5.41) is 8.65. The Balaban J connectivity index is 1.60. The molecule has 1 atom stereocenters. The fourth-order valence-corrected chi connectivity index (χ4v) is 3.44. The number of primary amides is 1. The van der Waals surface area contributed by atoms with Crippen LogP contribution in [-0.4, -0.2) is 27.3 Å². The molecule has 3 aromatic rings. The number of pyridine rings is 1. The van der Waals surface area contributed by atoms with Crippen molar-refractivity contribution >= 4 is 34.2 Å². The molecule has 4 rings (SSSR count). The molecule has 0 spiro atoms. The molecule has 1 aliphatic carbocycles. The van der Waals surface area contributed by atoms with E-state index in [1.165, 1.54) is 17.5 Å². The molecule has 152 valence electrons. The topological polar surface area (TPSA) is 115 Å². The Morgan fingerprint density at radius 1 is 1.41 bits per heavy atom. The molecular weight excluding hydrogens is 394 g/mol. The SMILES string of the molecule is C[C@H](Nc1cc(C(N)=O)n(C)n1)c1cc2cc(Cl)c(OCC3CC3)cc2[nH]c1=O. The monoisotopic (exact) mass is 415 g/mol. The average molecular weight is 416 g/mol. The highest BCUT2D eigenvalue weighted by Crippen LogP contribution is 2.33. The van der Waals surface area contributed by atoms with Gasteiger partial charge in [-0.1, -0.05) is 11.6 Å². The molecule has 1 aliphatic rings. The molecule has 0 bridgehead atoms. The summed E-state index contributed by atoms with van der Waals surface area (Å²) in [6, 6.07) is 6.54. The van der Waals surface area contributed by atoms with Crippen LogP contribution in [0.15, 0.2) is 29.1 Å². The van der Waals surface area contributed by atoms with Crippen LogP contribution in [0.5, 0.6) is 5.75 Å². The van der Waals surface area contributed by atoms with E-state index in [0.29, 0.717) is 40.2 Å². The van der Waals surface area contributed by atoms with Crippen molar-refractivity contribution in [2.75, 3.05) is 11.9 Å². The van der Waals surface area contributed by atoms with Gasteiger partial charge in [-0.2, -0.15) is 5.10 Å². The maximum atomic E-state index is 12.6. The van der Waals surface area contributed by atoms with Crippen molar-refractivity contribution in [3.8, 4) is 5.75 Å². The van der Waals surface area contributed by atoms with E-state index >= 15 is 0 Å². The second-order valence-corrected chi connectivity index (χ2v) is 7.85. The zero-order chi connectivity index (χ0) is 20.7. The molecule has 1 amide bonds. The lowest BCUT2D eigenvalue weighted by molar-refractivity contribution is 0.0991. The van der Waals surface area contributed by atoms with Crippen molar-refractivity contribution < 1.29 is 9.53 Å². The van der Waals surface area contributed by atoms with Crippen LogP contribution in [0.4, 0.5) is 5.82 Å². The predicted octanol–water partition coefficient (Wildman–Crippen LogP) is 2.98. The largest absolute Gasteiger partial charge is 0.492 e. The van der Waals surface area contributed by atoms with Crippen LogP contribution in [0.3, 0.4) is 0 Å². The molecule has 29 heavy (non-hydrogen) atoms.